The van der Waals surface area contributed by atoms with Gasteiger partial charge in [-0.15, -0.1) is 0 Å². The van der Waals surface area contributed by atoms with E-state index in [0.717, 1.165) is 0 Å². The minimum Gasteiger partial charge on any atom is -0.0823 e. The molecule has 0 bridgehead atoms. The highest BCUT2D eigenvalue weighted by Gasteiger charge is 2.25. The van der Waals surface area contributed by atoms with Gasteiger partial charge in [0, 0.05) is 0 Å². The molecule has 0 unspecified atom stereocenters. The fourth-order valence-electron chi connectivity index (χ4n) is 1.26. The van der Waals surface area contributed by atoms with Crippen LogP contribution < -0.4 is 0 Å². The van der Waals surface area contributed by atoms with Crippen molar-refractivity contribution in [1.82, 2.24) is 0 Å². The highest BCUT2D eigenvalue weighted by molar-refractivity contribution is 5.06. The molecule has 10 heavy (non-hydrogen) atoms. The van der Waals surface area contributed by atoms with Crippen molar-refractivity contribution in [2.24, 2.45) is 10.8 Å². The monoisotopic (exact) mass is 138 g/mol. The van der Waals surface area contributed by atoms with Crippen molar-refractivity contribution in [2.75, 3.05) is 0 Å². The zero-order chi connectivity index (χ0) is 7.83. The number of rotatable bonds is 0. The van der Waals surface area contributed by atoms with Gasteiger partial charge in [-0.25, -0.2) is 0 Å². The zero-order valence-electron chi connectivity index (χ0n) is 7.57. The summed E-state index contributed by atoms with van der Waals surface area (Å²) in [6.07, 6.45) is 7.38. The van der Waals surface area contributed by atoms with Crippen LogP contribution in [0.5, 0.6) is 0 Å². The molecule has 0 N–H and O–H groups in total. The van der Waals surface area contributed by atoms with Gasteiger partial charge in [-0.1, -0.05) is 39.8 Å². The average Bonchev–Trinajstić information content (AvgIpc) is 1.79. The molecule has 1 rings (SSSR count). The first-order chi connectivity index (χ1) is 4.41. The Morgan fingerprint density at radius 1 is 0.800 bits per heavy atom. The third kappa shape index (κ3) is 1.86. The summed E-state index contributed by atoms with van der Waals surface area (Å²) in [5.41, 5.74) is 0.908. The first-order valence-corrected chi connectivity index (χ1v) is 4.12. The molecule has 0 aliphatic heterocycles. The largest absolute Gasteiger partial charge is 0.0823 e. The standard InChI is InChI=1S/C10H18/c1-9(2)5-7-10(3,4)8-6-9/h5,7H,6,8H2,1-4H3. The maximum atomic E-state index is 2.36. The van der Waals surface area contributed by atoms with E-state index >= 15 is 0 Å². The summed E-state index contributed by atoms with van der Waals surface area (Å²) >= 11 is 0. The first-order valence-electron chi connectivity index (χ1n) is 4.12. The van der Waals surface area contributed by atoms with Crippen LogP contribution in [-0.4, -0.2) is 0 Å². The van der Waals surface area contributed by atoms with Crippen LogP contribution in [0.1, 0.15) is 40.5 Å². The summed E-state index contributed by atoms with van der Waals surface area (Å²) in [4.78, 5) is 0. The molecule has 1 aliphatic carbocycles. The second-order valence-electron chi connectivity index (χ2n) is 4.81. The number of hydrogen-bond donors (Lipinski definition) is 0. The van der Waals surface area contributed by atoms with E-state index in [1.807, 2.05) is 0 Å². The highest BCUT2D eigenvalue weighted by Crippen LogP contribution is 2.38. The van der Waals surface area contributed by atoms with Crippen LogP contribution in [0.2, 0.25) is 0 Å². The summed E-state index contributed by atoms with van der Waals surface area (Å²) in [6, 6.07) is 0. The molecule has 0 fully saturated rings. The van der Waals surface area contributed by atoms with E-state index in [1.54, 1.807) is 0 Å². The predicted molar refractivity (Wildman–Crippen MR) is 45.9 cm³/mol. The van der Waals surface area contributed by atoms with Crippen LogP contribution in [0.3, 0.4) is 0 Å². The Bertz CT molecular complexity index is 131. The molecule has 0 radical (unpaired) electrons. The van der Waals surface area contributed by atoms with Gasteiger partial charge in [-0.2, -0.15) is 0 Å². The summed E-state index contributed by atoms with van der Waals surface area (Å²) in [5.74, 6) is 0. The molecule has 0 saturated carbocycles. The van der Waals surface area contributed by atoms with E-state index in [-0.39, 0.29) is 0 Å². The topological polar surface area (TPSA) is 0 Å². The molecule has 0 aromatic rings. The minimum absolute atomic E-state index is 0.454. The van der Waals surface area contributed by atoms with Gasteiger partial charge in [0.2, 0.25) is 0 Å². The van der Waals surface area contributed by atoms with Gasteiger partial charge in [0.1, 0.15) is 0 Å². The Morgan fingerprint density at radius 2 is 1.10 bits per heavy atom. The predicted octanol–water partition coefficient (Wildman–Crippen LogP) is 3.39. The maximum Gasteiger partial charge on any atom is -0.0174 e. The molecule has 58 valence electrons. The van der Waals surface area contributed by atoms with Gasteiger partial charge < -0.3 is 0 Å². The summed E-state index contributed by atoms with van der Waals surface area (Å²) < 4.78 is 0. The fraction of sp³-hybridized carbons (Fsp3) is 0.800. The molecular weight excluding hydrogens is 120 g/mol. The average molecular weight is 138 g/mol. The van der Waals surface area contributed by atoms with Gasteiger partial charge in [0.25, 0.3) is 0 Å². The van der Waals surface area contributed by atoms with Crippen LogP contribution >= 0.6 is 0 Å². The van der Waals surface area contributed by atoms with E-state index in [9.17, 15) is 0 Å². The lowest BCUT2D eigenvalue weighted by Gasteiger charge is -2.33. The normalized spacial score (nSPS) is 28.4. The SMILES string of the molecule is CC1(C)C=CC(C)(C)CC1. The third-order valence-corrected chi connectivity index (χ3v) is 2.40. The van der Waals surface area contributed by atoms with Crippen molar-refractivity contribution in [3.63, 3.8) is 0 Å². The Hall–Kier alpha value is -0.260. The Kier molecular flexibility index (Phi) is 1.66. The van der Waals surface area contributed by atoms with Gasteiger partial charge in [0.05, 0.1) is 0 Å². The van der Waals surface area contributed by atoms with E-state index in [2.05, 4.69) is 39.8 Å². The molecule has 0 aromatic carbocycles. The Labute approximate surface area is 64.3 Å². The van der Waals surface area contributed by atoms with Crippen molar-refractivity contribution < 1.29 is 0 Å². The molecule has 0 amide bonds. The second-order valence-corrected chi connectivity index (χ2v) is 4.81. The molecule has 0 heteroatoms. The Morgan fingerprint density at radius 3 is 1.30 bits per heavy atom. The summed E-state index contributed by atoms with van der Waals surface area (Å²) in [7, 11) is 0. The molecule has 0 atom stereocenters. The van der Waals surface area contributed by atoms with E-state index in [1.165, 1.54) is 12.8 Å². The molecule has 1 aliphatic rings. The van der Waals surface area contributed by atoms with Crippen molar-refractivity contribution >= 4 is 0 Å². The molecule has 0 spiro atoms. The van der Waals surface area contributed by atoms with Gasteiger partial charge in [-0.05, 0) is 23.7 Å². The smallest absolute Gasteiger partial charge is 0.0174 e. The third-order valence-electron chi connectivity index (χ3n) is 2.40. The van der Waals surface area contributed by atoms with Gasteiger partial charge in [-0.3, -0.25) is 0 Å². The second kappa shape index (κ2) is 2.11. The number of allylic oxidation sites excluding steroid dienone is 2. The van der Waals surface area contributed by atoms with Gasteiger partial charge in [0.15, 0.2) is 0 Å². The summed E-state index contributed by atoms with van der Waals surface area (Å²) in [5, 5.41) is 0. The molecule has 0 saturated heterocycles. The number of hydrogen-bond acceptors (Lipinski definition) is 0. The first kappa shape index (κ1) is 7.84. The zero-order valence-corrected chi connectivity index (χ0v) is 7.57. The minimum atomic E-state index is 0.454. The lowest BCUT2D eigenvalue weighted by molar-refractivity contribution is 0.299. The maximum absolute atomic E-state index is 2.36. The van der Waals surface area contributed by atoms with Crippen LogP contribution in [-0.2, 0) is 0 Å². The van der Waals surface area contributed by atoms with Crippen LogP contribution in [0, 0.1) is 10.8 Å². The highest BCUT2D eigenvalue weighted by atomic mass is 14.3. The molecule has 0 nitrogen and oxygen atoms in total. The lowest BCUT2D eigenvalue weighted by Crippen LogP contribution is -2.20. The van der Waals surface area contributed by atoms with Crippen LogP contribution in [0.15, 0.2) is 12.2 Å². The van der Waals surface area contributed by atoms with Gasteiger partial charge >= 0.3 is 0 Å². The van der Waals surface area contributed by atoms with E-state index < -0.39 is 0 Å². The quantitative estimate of drug-likeness (QED) is 0.450. The van der Waals surface area contributed by atoms with Crippen molar-refractivity contribution in [3.8, 4) is 0 Å². The molecule has 0 aromatic heterocycles. The Balaban J connectivity index is 2.70. The molecule has 0 heterocycles. The van der Waals surface area contributed by atoms with Crippen LogP contribution in [0.4, 0.5) is 0 Å². The lowest BCUT2D eigenvalue weighted by atomic mass is 9.73. The van der Waals surface area contributed by atoms with Crippen molar-refractivity contribution in [1.29, 1.82) is 0 Å². The molecular formula is C10H18. The van der Waals surface area contributed by atoms with Crippen molar-refractivity contribution in [2.45, 2.75) is 40.5 Å². The van der Waals surface area contributed by atoms with E-state index in [0.29, 0.717) is 10.8 Å². The van der Waals surface area contributed by atoms with Crippen molar-refractivity contribution in [3.05, 3.63) is 12.2 Å². The van der Waals surface area contributed by atoms with Crippen LogP contribution in [0.25, 0.3) is 0 Å². The fourth-order valence-corrected chi connectivity index (χ4v) is 1.26. The summed E-state index contributed by atoms with van der Waals surface area (Å²) in [6.45, 7) is 9.22. The van der Waals surface area contributed by atoms with E-state index in [4.69, 9.17) is 0 Å².